The minimum atomic E-state index is -1.49. The van der Waals surface area contributed by atoms with Gasteiger partial charge < -0.3 is 19.3 Å². The van der Waals surface area contributed by atoms with Gasteiger partial charge in [-0.05, 0) is 12.0 Å². The van der Waals surface area contributed by atoms with Crippen LogP contribution in [0.15, 0.2) is 30.3 Å². The summed E-state index contributed by atoms with van der Waals surface area (Å²) in [5.41, 5.74) is 1.10. The minimum Gasteiger partial charge on any atom is -0.469 e. The van der Waals surface area contributed by atoms with Crippen LogP contribution in [0.1, 0.15) is 24.8 Å². The first-order valence-corrected chi connectivity index (χ1v) is 10.4. The van der Waals surface area contributed by atoms with Crippen LogP contribution >= 0.6 is 23.5 Å². The smallest absolute Gasteiger partial charge is 0.310 e. The topological polar surface area (TPSA) is 65.0 Å². The van der Waals surface area contributed by atoms with Gasteiger partial charge in [0.1, 0.15) is 0 Å². The molecule has 2 heterocycles. The SMILES string of the molecule is COC(=O)C[C@]1(O)CC2(C[C@H](COCc3ccccc3)O1)SCCS2. The zero-order valence-corrected chi connectivity index (χ0v) is 15.9. The molecule has 0 radical (unpaired) electrons. The van der Waals surface area contributed by atoms with Gasteiger partial charge in [0.2, 0.25) is 0 Å². The van der Waals surface area contributed by atoms with Crippen LogP contribution in [-0.4, -0.2) is 52.3 Å². The molecule has 1 spiro atoms. The Morgan fingerprint density at radius 1 is 1.32 bits per heavy atom. The van der Waals surface area contributed by atoms with Crippen LogP contribution in [-0.2, 0) is 25.6 Å². The van der Waals surface area contributed by atoms with Crippen LogP contribution in [0.2, 0.25) is 0 Å². The molecule has 1 N–H and O–H groups in total. The van der Waals surface area contributed by atoms with Gasteiger partial charge >= 0.3 is 5.97 Å². The van der Waals surface area contributed by atoms with Crippen molar-refractivity contribution in [3.05, 3.63) is 35.9 Å². The van der Waals surface area contributed by atoms with Crippen molar-refractivity contribution in [1.82, 2.24) is 0 Å². The molecule has 2 atom stereocenters. The van der Waals surface area contributed by atoms with Gasteiger partial charge in [-0.25, -0.2) is 0 Å². The summed E-state index contributed by atoms with van der Waals surface area (Å²) in [5.74, 6) is 0.153. The number of carbonyl (C=O) groups is 1. The largest absolute Gasteiger partial charge is 0.469 e. The van der Waals surface area contributed by atoms with E-state index in [0.29, 0.717) is 19.6 Å². The van der Waals surface area contributed by atoms with Gasteiger partial charge in [0, 0.05) is 17.9 Å². The molecule has 0 aliphatic carbocycles. The molecule has 0 amide bonds. The molecule has 1 aromatic carbocycles. The highest BCUT2D eigenvalue weighted by Gasteiger charge is 2.52. The number of methoxy groups -OCH3 is 1. The van der Waals surface area contributed by atoms with Gasteiger partial charge in [-0.3, -0.25) is 4.79 Å². The predicted molar refractivity (Wildman–Crippen MR) is 99.4 cm³/mol. The van der Waals surface area contributed by atoms with Crippen molar-refractivity contribution in [2.24, 2.45) is 0 Å². The van der Waals surface area contributed by atoms with Crippen LogP contribution in [0.5, 0.6) is 0 Å². The number of esters is 1. The van der Waals surface area contributed by atoms with Crippen molar-refractivity contribution in [3.63, 3.8) is 0 Å². The van der Waals surface area contributed by atoms with E-state index in [2.05, 4.69) is 0 Å². The highest BCUT2D eigenvalue weighted by molar-refractivity contribution is 8.21. The third kappa shape index (κ3) is 5.14. The molecule has 5 nitrogen and oxygen atoms in total. The molecule has 2 saturated heterocycles. The molecule has 138 valence electrons. The molecule has 25 heavy (non-hydrogen) atoms. The van der Waals surface area contributed by atoms with Crippen LogP contribution in [0.4, 0.5) is 0 Å². The first-order valence-electron chi connectivity index (χ1n) is 8.39. The van der Waals surface area contributed by atoms with Crippen molar-refractivity contribution >= 4 is 29.5 Å². The fraction of sp³-hybridized carbons (Fsp3) is 0.611. The molecular weight excluding hydrogens is 360 g/mol. The van der Waals surface area contributed by atoms with Crippen LogP contribution in [0.3, 0.4) is 0 Å². The lowest BCUT2D eigenvalue weighted by Gasteiger charge is -2.45. The fourth-order valence-electron chi connectivity index (χ4n) is 3.33. The summed E-state index contributed by atoms with van der Waals surface area (Å²) in [6.45, 7) is 0.894. The van der Waals surface area contributed by atoms with Gasteiger partial charge in [0.15, 0.2) is 5.79 Å². The first kappa shape index (κ1) is 19.0. The lowest BCUT2D eigenvalue weighted by molar-refractivity contribution is -0.265. The molecule has 7 heteroatoms. The first-order chi connectivity index (χ1) is 12.0. The van der Waals surface area contributed by atoms with Crippen molar-refractivity contribution < 1.29 is 24.1 Å². The quantitative estimate of drug-likeness (QED) is 0.757. The second kappa shape index (κ2) is 8.31. The number of ether oxygens (including phenoxy) is 3. The number of hydrogen-bond acceptors (Lipinski definition) is 7. The van der Waals surface area contributed by atoms with E-state index < -0.39 is 11.8 Å². The lowest BCUT2D eigenvalue weighted by atomic mass is 9.97. The van der Waals surface area contributed by atoms with Crippen molar-refractivity contribution in [3.8, 4) is 0 Å². The molecule has 0 saturated carbocycles. The molecular formula is C18H24O5S2. The number of benzene rings is 1. The normalized spacial score (nSPS) is 28.2. The Bertz CT molecular complexity index is 576. The average molecular weight is 385 g/mol. The van der Waals surface area contributed by atoms with Gasteiger partial charge in [-0.15, -0.1) is 23.5 Å². The van der Waals surface area contributed by atoms with Crippen LogP contribution < -0.4 is 0 Å². The van der Waals surface area contributed by atoms with E-state index in [-0.39, 0.29) is 16.6 Å². The summed E-state index contributed by atoms with van der Waals surface area (Å²) < 4.78 is 16.3. The Morgan fingerprint density at radius 3 is 2.72 bits per heavy atom. The Hall–Kier alpha value is -0.730. The minimum absolute atomic E-state index is 0.109. The maximum Gasteiger partial charge on any atom is 0.310 e. The standard InChI is InChI=1S/C18H24O5S2/c1-21-16(19)10-17(20)13-18(24-7-8-25-18)9-15(23-17)12-22-11-14-5-3-2-4-6-14/h2-6,15,20H,7-13H2,1H3/t15-,17-/m1/s1. The average Bonchev–Trinajstić information content (AvgIpc) is 3.01. The molecule has 0 unspecified atom stereocenters. The maximum absolute atomic E-state index is 11.7. The third-order valence-electron chi connectivity index (χ3n) is 4.35. The molecule has 3 rings (SSSR count). The highest BCUT2D eigenvalue weighted by atomic mass is 32.2. The monoisotopic (exact) mass is 384 g/mol. The number of aliphatic hydroxyl groups is 1. The number of thioether (sulfide) groups is 2. The summed E-state index contributed by atoms with van der Waals surface area (Å²) in [6, 6.07) is 9.95. The molecule has 2 aliphatic rings. The van der Waals surface area contributed by atoms with Crippen LogP contribution in [0.25, 0.3) is 0 Å². The van der Waals surface area contributed by atoms with E-state index in [1.807, 2.05) is 53.9 Å². The Balaban J connectivity index is 1.62. The van der Waals surface area contributed by atoms with Gasteiger partial charge in [-0.2, -0.15) is 0 Å². The fourth-order valence-corrected chi connectivity index (χ4v) is 6.83. The van der Waals surface area contributed by atoms with Gasteiger partial charge in [0.25, 0.3) is 0 Å². The van der Waals surface area contributed by atoms with Gasteiger partial charge in [-0.1, -0.05) is 30.3 Å². The number of rotatable bonds is 6. The van der Waals surface area contributed by atoms with E-state index in [1.54, 1.807) is 0 Å². The van der Waals surface area contributed by atoms with Crippen molar-refractivity contribution in [2.45, 2.75) is 41.8 Å². The summed E-state index contributed by atoms with van der Waals surface area (Å²) in [7, 11) is 1.32. The van der Waals surface area contributed by atoms with E-state index >= 15 is 0 Å². The van der Waals surface area contributed by atoms with Crippen LogP contribution in [0, 0.1) is 0 Å². The Labute approximate surface area is 156 Å². The second-order valence-electron chi connectivity index (χ2n) is 6.43. The van der Waals surface area contributed by atoms with Crippen molar-refractivity contribution in [2.75, 3.05) is 25.2 Å². The van der Waals surface area contributed by atoms with E-state index in [4.69, 9.17) is 14.2 Å². The van der Waals surface area contributed by atoms with E-state index in [9.17, 15) is 9.90 Å². The Morgan fingerprint density at radius 2 is 2.04 bits per heavy atom. The number of carbonyl (C=O) groups excluding carboxylic acids is 1. The Kier molecular flexibility index (Phi) is 6.33. The van der Waals surface area contributed by atoms with E-state index in [1.165, 1.54) is 7.11 Å². The maximum atomic E-state index is 11.7. The molecule has 1 aromatic rings. The van der Waals surface area contributed by atoms with Gasteiger partial charge in [0.05, 0.1) is 36.9 Å². The zero-order chi connectivity index (χ0) is 17.8. The molecule has 2 aliphatic heterocycles. The molecule has 0 aromatic heterocycles. The predicted octanol–water partition coefficient (Wildman–Crippen LogP) is 2.81. The molecule has 0 bridgehead atoms. The lowest BCUT2D eigenvalue weighted by Crippen LogP contribution is -2.51. The second-order valence-corrected chi connectivity index (χ2v) is 9.64. The zero-order valence-electron chi connectivity index (χ0n) is 14.3. The van der Waals surface area contributed by atoms with Crippen molar-refractivity contribution in [1.29, 1.82) is 0 Å². The highest BCUT2D eigenvalue weighted by Crippen LogP contribution is 2.55. The summed E-state index contributed by atoms with van der Waals surface area (Å²) in [5, 5.41) is 10.9. The summed E-state index contributed by atoms with van der Waals surface area (Å²) in [6.07, 6.45) is 0.840. The summed E-state index contributed by atoms with van der Waals surface area (Å²) in [4.78, 5) is 11.7. The summed E-state index contributed by atoms with van der Waals surface area (Å²) >= 11 is 3.70. The van der Waals surface area contributed by atoms with E-state index in [0.717, 1.165) is 23.5 Å². The molecule has 2 fully saturated rings. The number of hydrogen-bond donors (Lipinski definition) is 1. The third-order valence-corrected chi connectivity index (χ3v) is 7.80.